The monoisotopic (exact) mass is 356 g/mol. The van der Waals surface area contributed by atoms with Crippen LogP contribution in [0.15, 0.2) is 28.3 Å². The molecule has 0 saturated carbocycles. The average Bonchev–Trinajstić information content (AvgIpc) is 2.61. The molecule has 3 rings (SSSR count). The zero-order valence-electron chi connectivity index (χ0n) is 16.4. The van der Waals surface area contributed by atoms with Crippen molar-refractivity contribution in [3.05, 3.63) is 29.3 Å². The first-order valence-electron chi connectivity index (χ1n) is 9.69. The van der Waals surface area contributed by atoms with E-state index in [1.54, 1.807) is 0 Å². The highest BCUT2D eigenvalue weighted by Crippen LogP contribution is 2.34. The van der Waals surface area contributed by atoms with E-state index in [4.69, 9.17) is 10.6 Å². The highest BCUT2D eigenvalue weighted by atomic mass is 16.5. The maximum Gasteiger partial charge on any atom is 0.0822 e. The SMILES string of the molecule is Cc1ccc(N2CC(C)(C)C2)cc1C/C(C=NCC1CCCCO1)=N/N. The van der Waals surface area contributed by atoms with Gasteiger partial charge in [0.2, 0.25) is 0 Å². The molecule has 1 aromatic rings. The second-order valence-corrected chi connectivity index (χ2v) is 8.41. The van der Waals surface area contributed by atoms with Crippen molar-refractivity contribution in [2.45, 2.75) is 52.6 Å². The van der Waals surface area contributed by atoms with Crippen LogP contribution in [0.5, 0.6) is 0 Å². The van der Waals surface area contributed by atoms with Crippen LogP contribution in [0.2, 0.25) is 0 Å². The van der Waals surface area contributed by atoms with Crippen molar-refractivity contribution < 1.29 is 4.74 Å². The molecule has 2 aliphatic heterocycles. The third-order valence-electron chi connectivity index (χ3n) is 5.30. The second-order valence-electron chi connectivity index (χ2n) is 8.41. The normalized spacial score (nSPS) is 23.3. The minimum absolute atomic E-state index is 0.249. The first-order valence-corrected chi connectivity index (χ1v) is 9.69. The predicted molar refractivity (Wildman–Crippen MR) is 109 cm³/mol. The number of hydrogen-bond acceptors (Lipinski definition) is 5. The number of benzene rings is 1. The van der Waals surface area contributed by atoms with E-state index in [0.717, 1.165) is 31.8 Å². The van der Waals surface area contributed by atoms with Crippen molar-refractivity contribution >= 4 is 17.6 Å². The molecule has 5 heteroatoms. The van der Waals surface area contributed by atoms with Crippen LogP contribution in [0.25, 0.3) is 0 Å². The summed E-state index contributed by atoms with van der Waals surface area (Å²) in [6.45, 7) is 10.5. The molecule has 26 heavy (non-hydrogen) atoms. The number of hydrazone groups is 1. The van der Waals surface area contributed by atoms with Gasteiger partial charge in [-0.1, -0.05) is 19.9 Å². The molecule has 1 aromatic carbocycles. The lowest BCUT2D eigenvalue weighted by Crippen LogP contribution is -2.53. The second kappa shape index (κ2) is 8.21. The van der Waals surface area contributed by atoms with Gasteiger partial charge in [0.15, 0.2) is 0 Å². The molecular formula is C21H32N4O. The van der Waals surface area contributed by atoms with E-state index in [1.165, 1.54) is 29.7 Å². The summed E-state index contributed by atoms with van der Waals surface area (Å²) in [5.41, 5.74) is 5.04. The van der Waals surface area contributed by atoms with Gasteiger partial charge in [0, 0.05) is 38.0 Å². The van der Waals surface area contributed by atoms with Crippen molar-refractivity contribution in [2.75, 3.05) is 31.1 Å². The molecule has 0 spiro atoms. The summed E-state index contributed by atoms with van der Waals surface area (Å²) in [7, 11) is 0. The number of aryl methyl sites for hydroxylation is 1. The maximum absolute atomic E-state index is 5.72. The summed E-state index contributed by atoms with van der Waals surface area (Å²) in [4.78, 5) is 6.95. The third kappa shape index (κ3) is 4.85. The molecule has 0 aromatic heterocycles. The number of ether oxygens (including phenoxy) is 1. The molecule has 1 unspecified atom stereocenters. The van der Waals surface area contributed by atoms with Crippen LogP contribution in [-0.4, -0.2) is 44.3 Å². The Morgan fingerprint density at radius 2 is 2.15 bits per heavy atom. The Balaban J connectivity index is 1.60. The third-order valence-corrected chi connectivity index (χ3v) is 5.30. The Kier molecular flexibility index (Phi) is 5.97. The zero-order chi connectivity index (χ0) is 18.6. The highest BCUT2D eigenvalue weighted by Gasteiger charge is 2.34. The van der Waals surface area contributed by atoms with E-state index in [-0.39, 0.29) is 6.10 Å². The number of anilines is 1. The molecule has 0 amide bonds. The minimum atomic E-state index is 0.249. The summed E-state index contributed by atoms with van der Waals surface area (Å²) >= 11 is 0. The molecule has 2 heterocycles. The summed E-state index contributed by atoms with van der Waals surface area (Å²) in [6.07, 6.45) is 6.27. The van der Waals surface area contributed by atoms with Crippen LogP contribution in [0.1, 0.15) is 44.2 Å². The Bertz CT molecular complexity index is 667. The van der Waals surface area contributed by atoms with E-state index in [0.29, 0.717) is 18.4 Å². The Morgan fingerprint density at radius 1 is 1.35 bits per heavy atom. The predicted octanol–water partition coefficient (Wildman–Crippen LogP) is 3.34. The van der Waals surface area contributed by atoms with E-state index in [2.05, 4.69) is 54.0 Å². The Morgan fingerprint density at radius 3 is 2.81 bits per heavy atom. The Hall–Kier alpha value is -1.88. The van der Waals surface area contributed by atoms with Crippen LogP contribution in [0.3, 0.4) is 0 Å². The van der Waals surface area contributed by atoms with Crippen molar-refractivity contribution in [1.82, 2.24) is 0 Å². The molecule has 2 N–H and O–H groups in total. The van der Waals surface area contributed by atoms with Gasteiger partial charge in [-0.25, -0.2) is 0 Å². The van der Waals surface area contributed by atoms with Gasteiger partial charge in [-0.15, -0.1) is 0 Å². The fourth-order valence-electron chi connectivity index (χ4n) is 3.76. The average molecular weight is 357 g/mol. The Labute approximate surface area is 157 Å². The fraction of sp³-hybridized carbons (Fsp3) is 0.619. The summed E-state index contributed by atoms with van der Waals surface area (Å²) in [5, 5.41) is 3.95. The number of aliphatic imine (C=N–C) groups is 1. The highest BCUT2D eigenvalue weighted by molar-refractivity contribution is 6.31. The largest absolute Gasteiger partial charge is 0.376 e. The van der Waals surface area contributed by atoms with Gasteiger partial charge in [0.1, 0.15) is 0 Å². The van der Waals surface area contributed by atoms with Crippen LogP contribution >= 0.6 is 0 Å². The van der Waals surface area contributed by atoms with Crippen molar-refractivity contribution in [1.29, 1.82) is 0 Å². The molecule has 0 bridgehead atoms. The quantitative estimate of drug-likeness (QED) is 0.483. The first kappa shape index (κ1) is 18.9. The minimum Gasteiger partial charge on any atom is -0.376 e. The molecule has 5 nitrogen and oxygen atoms in total. The molecule has 2 saturated heterocycles. The van der Waals surface area contributed by atoms with Gasteiger partial charge >= 0.3 is 0 Å². The van der Waals surface area contributed by atoms with Crippen molar-refractivity contribution in [3.63, 3.8) is 0 Å². The molecule has 142 valence electrons. The van der Waals surface area contributed by atoms with Crippen molar-refractivity contribution in [3.8, 4) is 0 Å². The van der Waals surface area contributed by atoms with Gasteiger partial charge in [-0.05, 0) is 54.9 Å². The fourth-order valence-corrected chi connectivity index (χ4v) is 3.76. The number of nitrogens with two attached hydrogens (primary N) is 1. The molecule has 2 aliphatic rings. The summed E-state index contributed by atoms with van der Waals surface area (Å²) in [6, 6.07) is 6.67. The zero-order valence-corrected chi connectivity index (χ0v) is 16.4. The van der Waals surface area contributed by atoms with Gasteiger partial charge in [0.25, 0.3) is 0 Å². The van der Waals surface area contributed by atoms with Crippen LogP contribution in [-0.2, 0) is 11.2 Å². The summed E-state index contributed by atoms with van der Waals surface area (Å²) < 4.78 is 5.72. The first-order chi connectivity index (χ1) is 12.5. The van der Waals surface area contributed by atoms with Crippen LogP contribution in [0, 0.1) is 12.3 Å². The lowest BCUT2D eigenvalue weighted by Gasteiger charge is -2.47. The van der Waals surface area contributed by atoms with Gasteiger partial charge in [-0.3, -0.25) is 4.99 Å². The molecule has 1 atom stereocenters. The van der Waals surface area contributed by atoms with Crippen LogP contribution < -0.4 is 10.7 Å². The van der Waals surface area contributed by atoms with Gasteiger partial charge < -0.3 is 15.5 Å². The number of nitrogens with zero attached hydrogens (tertiary/aromatic N) is 3. The standard InChI is InChI=1S/C21H32N4O/c1-16-7-8-19(25-14-21(2,3)15-25)11-17(16)10-18(24-22)12-23-13-20-6-4-5-9-26-20/h7-8,11-12,20H,4-6,9-10,13-15,22H2,1-3H3/b23-12?,24-18-. The molecule has 2 fully saturated rings. The van der Waals surface area contributed by atoms with Crippen molar-refractivity contribution in [2.24, 2.45) is 21.4 Å². The van der Waals surface area contributed by atoms with E-state index in [1.807, 2.05) is 6.21 Å². The lowest BCUT2D eigenvalue weighted by atomic mass is 9.84. The summed E-state index contributed by atoms with van der Waals surface area (Å²) in [5.74, 6) is 5.62. The lowest BCUT2D eigenvalue weighted by molar-refractivity contribution is 0.0226. The number of rotatable bonds is 6. The topological polar surface area (TPSA) is 63.2 Å². The van der Waals surface area contributed by atoms with Gasteiger partial charge in [-0.2, -0.15) is 5.10 Å². The van der Waals surface area contributed by atoms with E-state index >= 15 is 0 Å². The maximum atomic E-state index is 5.72. The molecule has 0 aliphatic carbocycles. The molecular weight excluding hydrogens is 324 g/mol. The smallest absolute Gasteiger partial charge is 0.0822 e. The molecule has 0 radical (unpaired) electrons. The van der Waals surface area contributed by atoms with Gasteiger partial charge in [0.05, 0.1) is 18.4 Å². The van der Waals surface area contributed by atoms with E-state index in [9.17, 15) is 0 Å². The van der Waals surface area contributed by atoms with E-state index < -0.39 is 0 Å². The van der Waals surface area contributed by atoms with Crippen LogP contribution in [0.4, 0.5) is 5.69 Å². The number of hydrogen-bond donors (Lipinski definition) is 1.